The molecule has 0 aliphatic rings. The Morgan fingerprint density at radius 3 is 2.18 bits per heavy atom. The first kappa shape index (κ1) is 16.3. The molecule has 0 saturated carbocycles. The third-order valence-electron chi connectivity index (χ3n) is 3.30. The van der Waals surface area contributed by atoms with Crippen molar-refractivity contribution in [2.24, 2.45) is 0 Å². The van der Waals surface area contributed by atoms with Crippen molar-refractivity contribution >= 4 is 17.5 Å². The molecule has 22 heavy (non-hydrogen) atoms. The number of aromatic nitrogens is 2. The molecule has 0 saturated heterocycles. The topological polar surface area (TPSA) is 49.8 Å². The zero-order valence-corrected chi connectivity index (χ0v) is 14.4. The zero-order chi connectivity index (χ0) is 16.3. The molecule has 2 aromatic rings. The molecule has 4 nitrogen and oxygen atoms in total. The summed E-state index contributed by atoms with van der Waals surface area (Å²) in [5.74, 6) is 1.46. The summed E-state index contributed by atoms with van der Waals surface area (Å²) >= 11 is 0. The first-order chi connectivity index (χ1) is 10.2. The van der Waals surface area contributed by atoms with E-state index in [0.29, 0.717) is 12.0 Å². The van der Waals surface area contributed by atoms with E-state index >= 15 is 0 Å². The van der Waals surface area contributed by atoms with Crippen LogP contribution in [0, 0.1) is 6.92 Å². The van der Waals surface area contributed by atoms with Crippen LogP contribution in [0.4, 0.5) is 17.5 Å². The van der Waals surface area contributed by atoms with Crippen LogP contribution in [0.25, 0.3) is 0 Å². The maximum atomic E-state index is 4.51. The van der Waals surface area contributed by atoms with E-state index in [0.717, 1.165) is 17.2 Å². The summed E-state index contributed by atoms with van der Waals surface area (Å²) in [6.45, 7) is 12.8. The van der Waals surface area contributed by atoms with E-state index in [9.17, 15) is 0 Å². The van der Waals surface area contributed by atoms with Gasteiger partial charge in [0.05, 0.1) is 0 Å². The Labute approximate surface area is 133 Å². The molecular weight excluding hydrogens is 272 g/mol. The van der Waals surface area contributed by atoms with E-state index in [1.54, 1.807) is 0 Å². The number of aryl methyl sites for hydroxylation is 1. The Kier molecular flexibility index (Phi) is 4.69. The number of benzene rings is 1. The lowest BCUT2D eigenvalue weighted by atomic mass is 9.87. The largest absolute Gasteiger partial charge is 0.368 e. The Morgan fingerprint density at radius 2 is 1.64 bits per heavy atom. The molecule has 4 heteroatoms. The van der Waals surface area contributed by atoms with Gasteiger partial charge in [-0.05, 0) is 43.9 Å². The molecule has 2 N–H and O–H groups in total. The van der Waals surface area contributed by atoms with E-state index in [2.05, 4.69) is 79.5 Å². The van der Waals surface area contributed by atoms with Gasteiger partial charge in [0.2, 0.25) is 5.95 Å². The lowest BCUT2D eigenvalue weighted by Crippen LogP contribution is -2.12. The van der Waals surface area contributed by atoms with Crippen LogP contribution in [0.1, 0.15) is 45.9 Å². The fraction of sp³-hybridized carbons (Fsp3) is 0.444. The molecule has 1 heterocycles. The highest BCUT2D eigenvalue weighted by molar-refractivity contribution is 5.56. The quantitative estimate of drug-likeness (QED) is 0.863. The van der Waals surface area contributed by atoms with Gasteiger partial charge in [-0.25, -0.2) is 4.98 Å². The highest BCUT2D eigenvalue weighted by Gasteiger charge is 2.13. The van der Waals surface area contributed by atoms with Crippen LogP contribution >= 0.6 is 0 Å². The third kappa shape index (κ3) is 4.45. The normalized spacial score (nSPS) is 11.6. The van der Waals surface area contributed by atoms with Gasteiger partial charge in [0, 0.05) is 23.5 Å². The van der Waals surface area contributed by atoms with Crippen LogP contribution in [0.2, 0.25) is 0 Å². The molecule has 0 spiro atoms. The van der Waals surface area contributed by atoms with Crippen LogP contribution in [0.5, 0.6) is 0 Å². The Balaban J connectivity index is 2.18. The lowest BCUT2D eigenvalue weighted by molar-refractivity contribution is 0.590. The van der Waals surface area contributed by atoms with Gasteiger partial charge in [0.15, 0.2) is 0 Å². The van der Waals surface area contributed by atoms with Gasteiger partial charge in [0.1, 0.15) is 5.82 Å². The average Bonchev–Trinajstić information content (AvgIpc) is 2.36. The van der Waals surface area contributed by atoms with Crippen molar-refractivity contribution in [2.45, 2.75) is 53.0 Å². The molecule has 2 rings (SSSR count). The van der Waals surface area contributed by atoms with Crippen molar-refractivity contribution < 1.29 is 0 Å². The van der Waals surface area contributed by atoms with Gasteiger partial charge in [-0.2, -0.15) is 4.98 Å². The van der Waals surface area contributed by atoms with Crippen LogP contribution in [-0.2, 0) is 5.41 Å². The van der Waals surface area contributed by atoms with Crippen LogP contribution in [-0.4, -0.2) is 16.0 Å². The van der Waals surface area contributed by atoms with E-state index in [1.165, 1.54) is 5.56 Å². The first-order valence-corrected chi connectivity index (χ1v) is 7.74. The van der Waals surface area contributed by atoms with Gasteiger partial charge in [-0.15, -0.1) is 0 Å². The second kappa shape index (κ2) is 6.34. The highest BCUT2D eigenvalue weighted by atomic mass is 15.1. The molecule has 0 atom stereocenters. The van der Waals surface area contributed by atoms with E-state index in [-0.39, 0.29) is 5.41 Å². The van der Waals surface area contributed by atoms with E-state index in [1.807, 2.05) is 13.0 Å². The van der Waals surface area contributed by atoms with Crippen molar-refractivity contribution in [3.05, 3.63) is 41.6 Å². The fourth-order valence-corrected chi connectivity index (χ4v) is 2.18. The maximum Gasteiger partial charge on any atom is 0.229 e. The molecule has 0 unspecified atom stereocenters. The zero-order valence-electron chi connectivity index (χ0n) is 14.4. The van der Waals surface area contributed by atoms with Crippen molar-refractivity contribution in [2.75, 3.05) is 10.6 Å². The number of hydrogen-bond donors (Lipinski definition) is 2. The van der Waals surface area contributed by atoms with Crippen LogP contribution in [0.15, 0.2) is 30.3 Å². The number of hydrogen-bond acceptors (Lipinski definition) is 4. The Bertz CT molecular complexity index is 625. The minimum Gasteiger partial charge on any atom is -0.368 e. The minimum atomic E-state index is 0.159. The number of nitrogens with one attached hydrogen (secondary N) is 2. The second-order valence-corrected chi connectivity index (χ2v) is 6.97. The molecular formula is C18H26N4. The predicted molar refractivity (Wildman–Crippen MR) is 94.0 cm³/mol. The van der Waals surface area contributed by atoms with E-state index in [4.69, 9.17) is 0 Å². The molecule has 0 aliphatic carbocycles. The Hall–Kier alpha value is -2.10. The fourth-order valence-electron chi connectivity index (χ4n) is 2.18. The Morgan fingerprint density at radius 1 is 1.00 bits per heavy atom. The van der Waals surface area contributed by atoms with E-state index < -0.39 is 0 Å². The summed E-state index contributed by atoms with van der Waals surface area (Å²) in [4.78, 5) is 8.95. The van der Waals surface area contributed by atoms with Gasteiger partial charge >= 0.3 is 0 Å². The molecule has 118 valence electrons. The number of anilines is 3. The average molecular weight is 298 g/mol. The monoisotopic (exact) mass is 298 g/mol. The summed E-state index contributed by atoms with van der Waals surface area (Å²) in [7, 11) is 0. The third-order valence-corrected chi connectivity index (χ3v) is 3.30. The maximum absolute atomic E-state index is 4.51. The molecule has 0 radical (unpaired) electrons. The lowest BCUT2D eigenvalue weighted by Gasteiger charge is -2.19. The minimum absolute atomic E-state index is 0.159. The SMILES string of the molecule is Cc1cc(NC(C)C)nc(Nc2ccc(C(C)(C)C)cc2)n1. The summed E-state index contributed by atoms with van der Waals surface area (Å²) in [5.41, 5.74) is 3.40. The predicted octanol–water partition coefficient (Wildman–Crippen LogP) is 4.65. The van der Waals surface area contributed by atoms with Gasteiger partial charge in [-0.1, -0.05) is 32.9 Å². The highest BCUT2D eigenvalue weighted by Crippen LogP contribution is 2.24. The number of nitrogens with zero attached hydrogens (tertiary/aromatic N) is 2. The standard InChI is InChI=1S/C18H26N4/c1-12(2)19-16-11-13(3)20-17(22-16)21-15-9-7-14(8-10-15)18(4,5)6/h7-12H,1-6H3,(H2,19,20,21,22). The van der Waals surface area contributed by atoms with Crippen molar-refractivity contribution in [3.63, 3.8) is 0 Å². The summed E-state index contributed by atoms with van der Waals surface area (Å²) < 4.78 is 0. The number of rotatable bonds is 4. The smallest absolute Gasteiger partial charge is 0.229 e. The molecule has 0 amide bonds. The van der Waals surface area contributed by atoms with Crippen molar-refractivity contribution in [1.82, 2.24) is 9.97 Å². The van der Waals surface area contributed by atoms with Crippen molar-refractivity contribution in [3.8, 4) is 0 Å². The summed E-state index contributed by atoms with van der Waals surface area (Å²) in [5, 5.41) is 6.58. The summed E-state index contributed by atoms with van der Waals surface area (Å²) in [6.07, 6.45) is 0. The molecule has 0 bridgehead atoms. The summed E-state index contributed by atoms with van der Waals surface area (Å²) in [6, 6.07) is 10.7. The van der Waals surface area contributed by atoms with Gasteiger partial charge in [-0.3, -0.25) is 0 Å². The second-order valence-electron chi connectivity index (χ2n) is 6.97. The first-order valence-electron chi connectivity index (χ1n) is 7.74. The molecule has 1 aromatic carbocycles. The van der Waals surface area contributed by atoms with Crippen molar-refractivity contribution in [1.29, 1.82) is 0 Å². The molecule has 1 aromatic heterocycles. The van der Waals surface area contributed by atoms with Crippen LogP contribution < -0.4 is 10.6 Å². The molecule has 0 aliphatic heterocycles. The van der Waals surface area contributed by atoms with Gasteiger partial charge in [0.25, 0.3) is 0 Å². The van der Waals surface area contributed by atoms with Crippen LogP contribution in [0.3, 0.4) is 0 Å². The molecule has 0 fully saturated rings. The van der Waals surface area contributed by atoms with Gasteiger partial charge < -0.3 is 10.6 Å².